The molecule has 0 saturated heterocycles. The molecule has 3 aromatic rings. The number of methoxy groups -OCH3 is 1. The normalized spacial score (nSPS) is 14.8. The Balaban J connectivity index is 1.82. The zero-order chi connectivity index (χ0) is 30.4. The highest BCUT2D eigenvalue weighted by Crippen LogP contribution is 2.36. The van der Waals surface area contributed by atoms with Crippen molar-refractivity contribution in [1.82, 2.24) is 4.57 Å². The van der Waals surface area contributed by atoms with Crippen molar-refractivity contribution in [1.29, 1.82) is 0 Å². The Morgan fingerprint density at radius 1 is 1.12 bits per heavy atom. The van der Waals surface area contributed by atoms with Crippen molar-refractivity contribution >= 4 is 29.4 Å². The molecule has 222 valence electrons. The molecule has 10 heteroatoms. The summed E-state index contributed by atoms with van der Waals surface area (Å²) in [5.41, 5.74) is 1.83. The van der Waals surface area contributed by atoms with Crippen molar-refractivity contribution in [2.75, 3.05) is 20.3 Å². The highest BCUT2D eigenvalue weighted by Gasteiger charge is 2.34. The molecule has 9 nitrogen and oxygen atoms in total. The van der Waals surface area contributed by atoms with Crippen LogP contribution in [0.4, 0.5) is 0 Å². The Labute approximate surface area is 248 Å². The van der Waals surface area contributed by atoms with Gasteiger partial charge >= 0.3 is 11.9 Å². The number of allylic oxidation sites excluding steroid dienone is 1. The summed E-state index contributed by atoms with van der Waals surface area (Å²) in [5.74, 6) is 0.368. The smallest absolute Gasteiger partial charge is 0.338 e. The number of aromatic nitrogens is 1. The monoisotopic (exact) mass is 592 g/mol. The second-order valence-electron chi connectivity index (χ2n) is 10.3. The molecule has 0 fully saturated rings. The number of carbonyl (C=O) groups is 2. The summed E-state index contributed by atoms with van der Waals surface area (Å²) in [7, 11) is 1.45. The van der Waals surface area contributed by atoms with E-state index in [1.807, 2.05) is 38.1 Å². The summed E-state index contributed by atoms with van der Waals surface area (Å²) in [5, 5.41) is 0. The van der Waals surface area contributed by atoms with Gasteiger partial charge in [-0.1, -0.05) is 56.7 Å². The van der Waals surface area contributed by atoms with Gasteiger partial charge in [0.15, 0.2) is 16.3 Å². The Bertz CT molecular complexity index is 1670. The van der Waals surface area contributed by atoms with Crippen molar-refractivity contribution in [3.63, 3.8) is 0 Å². The van der Waals surface area contributed by atoms with Crippen LogP contribution in [0.5, 0.6) is 17.2 Å². The lowest BCUT2D eigenvalue weighted by molar-refractivity contribution is -0.140. The number of hydrogen-bond donors (Lipinski definition) is 0. The van der Waals surface area contributed by atoms with Crippen LogP contribution in [-0.2, 0) is 14.3 Å². The van der Waals surface area contributed by atoms with Gasteiger partial charge in [0.1, 0.15) is 5.75 Å². The molecular formula is C32H36N2O7S. The van der Waals surface area contributed by atoms with Gasteiger partial charge in [-0.25, -0.2) is 9.79 Å². The molecule has 0 N–H and O–H groups in total. The average Bonchev–Trinajstić information content (AvgIpc) is 3.25. The molecule has 0 saturated carbocycles. The quantitative estimate of drug-likeness (QED) is 0.183. The molecule has 0 radical (unpaired) electrons. The van der Waals surface area contributed by atoms with Gasteiger partial charge < -0.3 is 18.9 Å². The third-order valence-electron chi connectivity index (χ3n) is 6.49. The van der Waals surface area contributed by atoms with E-state index in [9.17, 15) is 14.4 Å². The third-order valence-corrected chi connectivity index (χ3v) is 7.47. The van der Waals surface area contributed by atoms with Crippen molar-refractivity contribution in [2.24, 2.45) is 10.9 Å². The van der Waals surface area contributed by atoms with E-state index >= 15 is 0 Å². The third kappa shape index (κ3) is 6.99. The fourth-order valence-electron chi connectivity index (χ4n) is 4.46. The minimum absolute atomic E-state index is 0.126. The number of hydrogen-bond acceptors (Lipinski definition) is 9. The Morgan fingerprint density at radius 2 is 1.86 bits per heavy atom. The predicted molar refractivity (Wildman–Crippen MR) is 161 cm³/mol. The van der Waals surface area contributed by atoms with E-state index in [2.05, 4.69) is 11.9 Å². The fourth-order valence-corrected chi connectivity index (χ4v) is 5.50. The van der Waals surface area contributed by atoms with Crippen LogP contribution in [0.25, 0.3) is 6.08 Å². The molecule has 1 atom stereocenters. The first kappa shape index (κ1) is 30.8. The summed E-state index contributed by atoms with van der Waals surface area (Å²) in [6.07, 6.45) is 3.84. The second-order valence-corrected chi connectivity index (χ2v) is 11.4. The lowest BCUT2D eigenvalue weighted by atomic mass is 9.95. The topological polar surface area (TPSA) is 105 Å². The number of rotatable bonds is 11. The highest BCUT2D eigenvalue weighted by atomic mass is 32.1. The van der Waals surface area contributed by atoms with Crippen LogP contribution in [0.2, 0.25) is 0 Å². The molecule has 1 unspecified atom stereocenters. The number of ether oxygens (including phenoxy) is 4. The number of thiazole rings is 1. The van der Waals surface area contributed by atoms with Gasteiger partial charge in [-0.05, 0) is 60.7 Å². The Hall–Kier alpha value is -4.18. The SMILES string of the molecule is CCCCOc1ccc(/C=c2/sc3n(c2=O)C(c2ccc(OC(C)=O)c(OC)c2)C(C(=O)OCC(C)C)=C(C)N=3)cc1. The first-order valence-corrected chi connectivity index (χ1v) is 14.7. The fraction of sp³-hybridized carbons (Fsp3) is 0.375. The second kappa shape index (κ2) is 13.7. The first-order chi connectivity index (χ1) is 20.1. The van der Waals surface area contributed by atoms with Crippen molar-refractivity contribution in [3.8, 4) is 17.2 Å². The number of carbonyl (C=O) groups excluding carboxylic acids is 2. The number of esters is 2. The maximum absolute atomic E-state index is 13.9. The van der Waals surface area contributed by atoms with Crippen LogP contribution in [0.3, 0.4) is 0 Å². The van der Waals surface area contributed by atoms with Crippen molar-refractivity contribution in [3.05, 3.63) is 84.5 Å². The van der Waals surface area contributed by atoms with Gasteiger partial charge in [-0.3, -0.25) is 14.2 Å². The van der Waals surface area contributed by atoms with E-state index in [0.717, 1.165) is 24.2 Å². The molecule has 1 aliphatic heterocycles. The minimum atomic E-state index is -0.835. The first-order valence-electron chi connectivity index (χ1n) is 13.9. The van der Waals surface area contributed by atoms with Crippen LogP contribution < -0.4 is 29.1 Å². The van der Waals surface area contributed by atoms with Crippen LogP contribution in [0, 0.1) is 5.92 Å². The molecule has 4 rings (SSSR count). The van der Waals surface area contributed by atoms with Gasteiger partial charge in [0.25, 0.3) is 5.56 Å². The molecular weight excluding hydrogens is 556 g/mol. The molecule has 0 aliphatic carbocycles. The number of nitrogens with zero attached hydrogens (tertiary/aromatic N) is 2. The van der Waals surface area contributed by atoms with E-state index < -0.39 is 18.0 Å². The number of fused-ring (bicyclic) bond motifs is 1. The van der Waals surface area contributed by atoms with Crippen LogP contribution in [-0.4, -0.2) is 36.8 Å². The molecule has 2 heterocycles. The van der Waals surface area contributed by atoms with E-state index in [1.165, 1.54) is 29.9 Å². The van der Waals surface area contributed by atoms with Crippen molar-refractivity contribution in [2.45, 2.75) is 53.5 Å². The lowest BCUT2D eigenvalue weighted by Gasteiger charge is -2.25. The summed E-state index contributed by atoms with van der Waals surface area (Å²) in [4.78, 5) is 44.1. The maximum Gasteiger partial charge on any atom is 0.338 e. The molecule has 1 aromatic heterocycles. The number of benzene rings is 2. The van der Waals surface area contributed by atoms with Crippen LogP contribution in [0.15, 0.2) is 63.5 Å². The number of unbranched alkanes of at least 4 members (excludes halogenated alkanes) is 1. The Kier molecular flexibility index (Phi) is 10.0. The van der Waals surface area contributed by atoms with Crippen LogP contribution in [0.1, 0.15) is 64.6 Å². The van der Waals surface area contributed by atoms with Gasteiger partial charge in [-0.2, -0.15) is 0 Å². The summed E-state index contributed by atoms with van der Waals surface area (Å²) in [6.45, 7) is 9.92. The highest BCUT2D eigenvalue weighted by molar-refractivity contribution is 7.07. The zero-order valence-corrected chi connectivity index (χ0v) is 25.6. The van der Waals surface area contributed by atoms with Gasteiger partial charge in [0, 0.05) is 6.92 Å². The van der Waals surface area contributed by atoms with E-state index in [4.69, 9.17) is 18.9 Å². The molecule has 1 aliphatic rings. The summed E-state index contributed by atoms with van der Waals surface area (Å²) >= 11 is 1.24. The molecule has 0 spiro atoms. The molecule has 0 bridgehead atoms. The molecule has 42 heavy (non-hydrogen) atoms. The molecule has 2 aromatic carbocycles. The molecule has 0 amide bonds. The predicted octanol–water partition coefficient (Wildman–Crippen LogP) is 4.55. The summed E-state index contributed by atoms with van der Waals surface area (Å²) in [6, 6.07) is 11.7. The Morgan fingerprint density at radius 3 is 2.50 bits per heavy atom. The van der Waals surface area contributed by atoms with Gasteiger partial charge in [0.2, 0.25) is 0 Å². The van der Waals surface area contributed by atoms with E-state index in [0.29, 0.717) is 27.2 Å². The minimum Gasteiger partial charge on any atom is -0.494 e. The van der Waals surface area contributed by atoms with E-state index in [1.54, 1.807) is 31.2 Å². The van der Waals surface area contributed by atoms with Crippen molar-refractivity contribution < 1.29 is 28.5 Å². The van der Waals surface area contributed by atoms with Gasteiger partial charge in [-0.15, -0.1) is 0 Å². The standard InChI is InChI=1S/C32H36N2O7S/c1-7-8-15-39-24-12-9-22(10-13-24)16-27-30(36)34-29(23-11-14-25(41-21(5)35)26(17-23)38-6)28(20(4)33-32(34)42-27)31(37)40-18-19(2)3/h9-14,16-17,19,29H,7-8,15,18H2,1-6H3/b27-16+. The average molecular weight is 593 g/mol. The lowest BCUT2D eigenvalue weighted by Crippen LogP contribution is -2.40. The van der Waals surface area contributed by atoms with Crippen LogP contribution >= 0.6 is 11.3 Å². The summed E-state index contributed by atoms with van der Waals surface area (Å²) < 4.78 is 24.1. The largest absolute Gasteiger partial charge is 0.494 e. The maximum atomic E-state index is 13.9. The van der Waals surface area contributed by atoms with E-state index in [-0.39, 0.29) is 35.2 Å². The van der Waals surface area contributed by atoms with Gasteiger partial charge in [0.05, 0.1) is 42.2 Å². The zero-order valence-electron chi connectivity index (χ0n) is 24.8.